The molecule has 1 aliphatic carbocycles. The normalized spacial score (nSPS) is 23.9. The Morgan fingerprint density at radius 3 is 2.52 bits per heavy atom. The molecule has 0 radical (unpaired) electrons. The third kappa shape index (κ3) is 3.16. The summed E-state index contributed by atoms with van der Waals surface area (Å²) in [4.78, 5) is 23.2. The van der Waals surface area contributed by atoms with Crippen molar-refractivity contribution in [3.8, 4) is 0 Å². The second kappa shape index (κ2) is 6.22. The molecule has 2 aromatic rings. The lowest BCUT2D eigenvalue weighted by Gasteiger charge is -2.16. The fraction of sp³-hybridized carbons (Fsp3) is 0.556. The minimum Gasteiger partial charge on any atom is -0.369 e. The Bertz CT molecular complexity index is 779. The maximum Gasteiger partial charge on any atom is 0.222 e. The Hall–Kier alpha value is -2.28. The minimum absolute atomic E-state index is 0.0952. The molecule has 4 rings (SSSR count). The Morgan fingerprint density at radius 2 is 1.96 bits per heavy atom. The Labute approximate surface area is 147 Å². The average Bonchev–Trinajstić information content (AvgIpc) is 3.28. The molecule has 2 aromatic heterocycles. The number of nitrogens with two attached hydrogens (primary N) is 1. The van der Waals surface area contributed by atoms with Gasteiger partial charge in [0.05, 0.1) is 12.1 Å². The van der Waals surface area contributed by atoms with Crippen LogP contribution < -0.4 is 5.73 Å². The first kappa shape index (κ1) is 16.2. The van der Waals surface area contributed by atoms with E-state index in [4.69, 9.17) is 5.73 Å². The molecule has 1 saturated heterocycles. The van der Waals surface area contributed by atoms with Crippen molar-refractivity contribution in [2.75, 3.05) is 13.1 Å². The Morgan fingerprint density at radius 1 is 1.24 bits per heavy atom. The first-order chi connectivity index (χ1) is 12.0. The minimum atomic E-state index is -0.240. The maximum absolute atomic E-state index is 12.0. The zero-order valence-corrected chi connectivity index (χ0v) is 14.7. The van der Waals surface area contributed by atoms with Crippen LogP contribution in [0.1, 0.15) is 47.3 Å². The smallest absolute Gasteiger partial charge is 0.222 e. The predicted octanol–water partition coefficient (Wildman–Crippen LogP) is 1.10. The summed E-state index contributed by atoms with van der Waals surface area (Å²) in [7, 11) is 1.92. The number of rotatable bonds is 5. The summed E-state index contributed by atoms with van der Waals surface area (Å²) in [6.45, 7) is 4.24. The van der Waals surface area contributed by atoms with Crippen molar-refractivity contribution in [1.29, 1.82) is 0 Å². The molecule has 2 fully saturated rings. The number of carbonyl (C=O) groups excluding carboxylic acids is 1. The molecular weight excluding hydrogens is 316 g/mol. The van der Waals surface area contributed by atoms with Gasteiger partial charge in [0, 0.05) is 62.2 Å². The Balaban J connectivity index is 1.49. The third-order valence-electron chi connectivity index (χ3n) is 5.51. The Kier molecular flexibility index (Phi) is 4.03. The van der Waals surface area contributed by atoms with E-state index in [2.05, 4.69) is 20.0 Å². The van der Waals surface area contributed by atoms with Crippen LogP contribution >= 0.6 is 0 Å². The van der Waals surface area contributed by atoms with Crippen LogP contribution in [-0.4, -0.2) is 43.6 Å². The molecule has 0 bridgehead atoms. The van der Waals surface area contributed by atoms with Gasteiger partial charge in [-0.2, -0.15) is 5.10 Å². The molecule has 7 nitrogen and oxygen atoms in total. The molecule has 132 valence electrons. The number of aromatic nitrogens is 4. The van der Waals surface area contributed by atoms with E-state index in [0.717, 1.165) is 35.7 Å². The molecule has 2 aliphatic rings. The van der Waals surface area contributed by atoms with Gasteiger partial charge in [0.1, 0.15) is 5.82 Å². The van der Waals surface area contributed by atoms with Crippen molar-refractivity contribution in [3.05, 3.63) is 41.2 Å². The maximum atomic E-state index is 12.0. The van der Waals surface area contributed by atoms with E-state index in [0.29, 0.717) is 12.5 Å². The molecule has 1 aliphatic heterocycles. The van der Waals surface area contributed by atoms with Crippen LogP contribution in [-0.2, 0) is 18.4 Å². The van der Waals surface area contributed by atoms with Crippen LogP contribution in [0, 0.1) is 12.8 Å². The summed E-state index contributed by atoms with van der Waals surface area (Å²) in [5, 5.41) is 4.32. The highest BCUT2D eigenvalue weighted by Crippen LogP contribution is 2.38. The van der Waals surface area contributed by atoms with Gasteiger partial charge in [-0.05, 0) is 25.3 Å². The van der Waals surface area contributed by atoms with Crippen molar-refractivity contribution in [2.24, 2.45) is 18.7 Å². The molecule has 7 heteroatoms. The molecule has 0 spiro atoms. The lowest BCUT2D eigenvalue weighted by Crippen LogP contribution is -2.29. The SMILES string of the molecule is Cc1c([C@H]2CN(Cc3cnc(C4CC4)nc3)C[C@@H]2C(N)=O)cnn1C. The van der Waals surface area contributed by atoms with Crippen LogP contribution in [0.25, 0.3) is 0 Å². The molecule has 1 saturated carbocycles. The van der Waals surface area contributed by atoms with Gasteiger partial charge in [-0.1, -0.05) is 0 Å². The number of nitrogens with zero attached hydrogens (tertiary/aromatic N) is 5. The molecule has 0 aromatic carbocycles. The zero-order valence-electron chi connectivity index (χ0n) is 14.7. The summed E-state index contributed by atoms with van der Waals surface area (Å²) in [5.41, 5.74) is 8.97. The van der Waals surface area contributed by atoms with Gasteiger partial charge in [-0.3, -0.25) is 14.4 Å². The largest absolute Gasteiger partial charge is 0.369 e. The summed E-state index contributed by atoms with van der Waals surface area (Å²) in [6, 6.07) is 0. The molecule has 3 heterocycles. The van der Waals surface area contributed by atoms with E-state index in [1.807, 2.05) is 37.2 Å². The number of hydrogen-bond donors (Lipinski definition) is 1. The van der Waals surface area contributed by atoms with Crippen LogP contribution in [0.5, 0.6) is 0 Å². The highest BCUT2D eigenvalue weighted by molar-refractivity contribution is 5.78. The lowest BCUT2D eigenvalue weighted by molar-refractivity contribution is -0.121. The third-order valence-corrected chi connectivity index (χ3v) is 5.51. The van der Waals surface area contributed by atoms with Crippen LogP contribution in [0.15, 0.2) is 18.6 Å². The van der Waals surface area contributed by atoms with Crippen LogP contribution in [0.3, 0.4) is 0 Å². The highest BCUT2D eigenvalue weighted by Gasteiger charge is 2.38. The summed E-state index contributed by atoms with van der Waals surface area (Å²) < 4.78 is 1.85. The standard InChI is InChI=1S/C18H24N6O/c1-11-14(7-22-23(11)2)15-9-24(10-16(15)17(19)25)8-12-5-20-18(21-6-12)13-3-4-13/h5-7,13,15-16H,3-4,8-10H2,1-2H3,(H2,19,25)/t15-,16+/m1/s1. The van der Waals surface area contributed by atoms with Crippen molar-refractivity contribution < 1.29 is 4.79 Å². The molecule has 1 amide bonds. The summed E-state index contributed by atoms with van der Waals surface area (Å²) >= 11 is 0. The van der Waals surface area contributed by atoms with Gasteiger partial charge in [-0.15, -0.1) is 0 Å². The summed E-state index contributed by atoms with van der Waals surface area (Å²) in [5.74, 6) is 1.20. The number of primary amides is 1. The van der Waals surface area contributed by atoms with Gasteiger partial charge >= 0.3 is 0 Å². The predicted molar refractivity (Wildman–Crippen MR) is 92.7 cm³/mol. The van der Waals surface area contributed by atoms with E-state index < -0.39 is 0 Å². The summed E-state index contributed by atoms with van der Waals surface area (Å²) in [6.07, 6.45) is 8.12. The number of aryl methyl sites for hydroxylation is 1. The molecule has 2 atom stereocenters. The van der Waals surface area contributed by atoms with Gasteiger partial charge < -0.3 is 5.73 Å². The van der Waals surface area contributed by atoms with Crippen molar-refractivity contribution in [2.45, 2.75) is 38.1 Å². The lowest BCUT2D eigenvalue weighted by atomic mass is 9.89. The number of carbonyl (C=O) groups is 1. The fourth-order valence-corrected chi connectivity index (χ4v) is 3.75. The van der Waals surface area contributed by atoms with E-state index >= 15 is 0 Å². The molecule has 2 N–H and O–H groups in total. The molecular formula is C18H24N6O. The van der Waals surface area contributed by atoms with Gasteiger partial charge in [0.15, 0.2) is 0 Å². The van der Waals surface area contributed by atoms with Gasteiger partial charge in [0.25, 0.3) is 0 Å². The first-order valence-corrected chi connectivity index (χ1v) is 8.84. The fourth-order valence-electron chi connectivity index (χ4n) is 3.75. The average molecular weight is 340 g/mol. The topological polar surface area (TPSA) is 89.9 Å². The van der Waals surface area contributed by atoms with Crippen molar-refractivity contribution in [3.63, 3.8) is 0 Å². The number of likely N-dealkylation sites (tertiary alicyclic amines) is 1. The highest BCUT2D eigenvalue weighted by atomic mass is 16.1. The van der Waals surface area contributed by atoms with E-state index in [9.17, 15) is 4.79 Å². The first-order valence-electron chi connectivity index (χ1n) is 8.84. The van der Waals surface area contributed by atoms with Crippen molar-refractivity contribution >= 4 is 5.91 Å². The van der Waals surface area contributed by atoms with Crippen LogP contribution in [0.4, 0.5) is 0 Å². The second-order valence-electron chi connectivity index (χ2n) is 7.34. The van der Waals surface area contributed by atoms with E-state index in [1.54, 1.807) is 0 Å². The quantitative estimate of drug-likeness (QED) is 0.880. The van der Waals surface area contributed by atoms with Crippen molar-refractivity contribution in [1.82, 2.24) is 24.6 Å². The van der Waals surface area contributed by atoms with Gasteiger partial charge in [-0.25, -0.2) is 9.97 Å². The number of amides is 1. The second-order valence-corrected chi connectivity index (χ2v) is 7.34. The molecule has 25 heavy (non-hydrogen) atoms. The molecule has 0 unspecified atom stereocenters. The number of hydrogen-bond acceptors (Lipinski definition) is 5. The zero-order chi connectivity index (χ0) is 17.6. The van der Waals surface area contributed by atoms with E-state index in [-0.39, 0.29) is 17.7 Å². The van der Waals surface area contributed by atoms with Gasteiger partial charge in [0.2, 0.25) is 5.91 Å². The van der Waals surface area contributed by atoms with Crippen LogP contribution in [0.2, 0.25) is 0 Å². The van der Waals surface area contributed by atoms with E-state index in [1.165, 1.54) is 12.8 Å². The monoisotopic (exact) mass is 340 g/mol.